The number of alkyl halides is 2. The van der Waals surface area contributed by atoms with E-state index in [1.807, 2.05) is 13.1 Å². The Balaban J connectivity index is 1.63. The van der Waals surface area contributed by atoms with Crippen LogP contribution < -0.4 is 14.8 Å². The molecule has 0 radical (unpaired) electrons. The Hall–Kier alpha value is -3.54. The van der Waals surface area contributed by atoms with Crippen LogP contribution in [0.25, 0.3) is 17.0 Å². The van der Waals surface area contributed by atoms with E-state index in [-0.39, 0.29) is 17.2 Å². The molecule has 0 saturated carbocycles. The third-order valence-corrected chi connectivity index (χ3v) is 5.09. The first-order valence-electron chi connectivity index (χ1n) is 9.42. The fourth-order valence-electron chi connectivity index (χ4n) is 3.05. The SMILES string of the molecule is CCn1cc(Br)c(-c2ccnc3cc(C(=O)Nc4ccc(OC(F)F)c(OC)c4)nn23)n1. The Labute approximate surface area is 189 Å². The lowest BCUT2D eigenvalue weighted by molar-refractivity contribution is -0.0512. The number of nitrogens with one attached hydrogen (secondary N) is 1. The van der Waals surface area contributed by atoms with Crippen LogP contribution in [0.5, 0.6) is 11.5 Å². The highest BCUT2D eigenvalue weighted by atomic mass is 79.9. The number of carbonyl (C=O) groups excluding carboxylic acids is 1. The molecule has 0 bridgehead atoms. The van der Waals surface area contributed by atoms with Crippen molar-refractivity contribution in [2.45, 2.75) is 20.1 Å². The third-order valence-electron chi connectivity index (χ3n) is 4.51. The Morgan fingerprint density at radius 2 is 2.03 bits per heavy atom. The van der Waals surface area contributed by atoms with Gasteiger partial charge in [-0.15, -0.1) is 0 Å². The van der Waals surface area contributed by atoms with Crippen molar-refractivity contribution < 1.29 is 23.0 Å². The van der Waals surface area contributed by atoms with Crippen molar-refractivity contribution in [1.29, 1.82) is 0 Å². The largest absolute Gasteiger partial charge is 0.493 e. The van der Waals surface area contributed by atoms with Gasteiger partial charge in [0.15, 0.2) is 22.8 Å². The van der Waals surface area contributed by atoms with Crippen LogP contribution in [-0.2, 0) is 6.54 Å². The molecular weight excluding hydrogens is 490 g/mol. The van der Waals surface area contributed by atoms with Gasteiger partial charge in [-0.05, 0) is 41.1 Å². The topological polar surface area (TPSA) is 95.6 Å². The Morgan fingerprint density at radius 3 is 2.72 bits per heavy atom. The summed E-state index contributed by atoms with van der Waals surface area (Å²) in [4.78, 5) is 17.0. The molecule has 0 fully saturated rings. The highest BCUT2D eigenvalue weighted by molar-refractivity contribution is 9.10. The molecular formula is C20H17BrF2N6O3. The van der Waals surface area contributed by atoms with E-state index in [2.05, 4.69) is 41.2 Å². The zero-order valence-electron chi connectivity index (χ0n) is 16.9. The summed E-state index contributed by atoms with van der Waals surface area (Å²) >= 11 is 3.50. The van der Waals surface area contributed by atoms with Gasteiger partial charge in [0, 0.05) is 36.8 Å². The van der Waals surface area contributed by atoms with Gasteiger partial charge in [0.2, 0.25) is 0 Å². The first-order valence-corrected chi connectivity index (χ1v) is 10.2. The van der Waals surface area contributed by atoms with Gasteiger partial charge in [-0.1, -0.05) is 0 Å². The molecule has 0 unspecified atom stereocenters. The van der Waals surface area contributed by atoms with Crippen molar-refractivity contribution in [2.75, 3.05) is 12.4 Å². The molecule has 166 valence electrons. The first kappa shape index (κ1) is 21.7. The summed E-state index contributed by atoms with van der Waals surface area (Å²) in [5, 5.41) is 11.6. The standard InChI is InChI=1S/C20H17BrF2N6O3/c1-3-28-10-12(21)18(27-28)14-6-7-24-17-9-13(26-29(14)17)19(30)25-11-4-5-15(32-20(22)23)16(8-11)31-2/h4-10,20H,3H2,1-2H3,(H,25,30). The number of anilines is 1. The predicted molar refractivity (Wildman–Crippen MR) is 115 cm³/mol. The minimum absolute atomic E-state index is 0.0541. The van der Waals surface area contributed by atoms with Gasteiger partial charge in [0.1, 0.15) is 5.69 Å². The van der Waals surface area contributed by atoms with Crippen LogP contribution >= 0.6 is 15.9 Å². The van der Waals surface area contributed by atoms with Gasteiger partial charge in [-0.25, -0.2) is 9.50 Å². The zero-order valence-corrected chi connectivity index (χ0v) is 18.5. The number of halogens is 3. The van der Waals surface area contributed by atoms with Crippen molar-refractivity contribution >= 4 is 33.2 Å². The maximum Gasteiger partial charge on any atom is 0.387 e. The summed E-state index contributed by atoms with van der Waals surface area (Å²) in [6.45, 7) is -0.319. The van der Waals surface area contributed by atoms with Crippen LogP contribution in [0.2, 0.25) is 0 Å². The molecule has 1 aromatic carbocycles. The number of hydrogen-bond acceptors (Lipinski definition) is 6. The van der Waals surface area contributed by atoms with E-state index in [1.54, 1.807) is 16.9 Å². The van der Waals surface area contributed by atoms with E-state index >= 15 is 0 Å². The highest BCUT2D eigenvalue weighted by Gasteiger charge is 2.18. The predicted octanol–water partition coefficient (Wildman–Crippen LogP) is 4.24. The van der Waals surface area contributed by atoms with E-state index in [9.17, 15) is 13.6 Å². The summed E-state index contributed by atoms with van der Waals surface area (Å²) in [5.41, 5.74) is 2.21. The number of rotatable bonds is 7. The van der Waals surface area contributed by atoms with Gasteiger partial charge >= 0.3 is 6.61 Å². The highest BCUT2D eigenvalue weighted by Crippen LogP contribution is 2.32. The molecule has 0 spiro atoms. The molecule has 0 aliphatic heterocycles. The van der Waals surface area contributed by atoms with E-state index < -0.39 is 12.5 Å². The number of aromatic nitrogens is 5. The smallest absolute Gasteiger partial charge is 0.387 e. The number of hydrogen-bond donors (Lipinski definition) is 1. The summed E-state index contributed by atoms with van der Waals surface area (Å²) in [7, 11) is 1.31. The van der Waals surface area contributed by atoms with Crippen molar-refractivity contribution in [1.82, 2.24) is 24.4 Å². The van der Waals surface area contributed by atoms with Crippen LogP contribution in [0.3, 0.4) is 0 Å². The molecule has 0 aliphatic rings. The van der Waals surface area contributed by atoms with E-state index in [0.717, 1.165) is 4.47 Å². The molecule has 3 aromatic heterocycles. The molecule has 9 nitrogen and oxygen atoms in total. The van der Waals surface area contributed by atoms with Gasteiger partial charge < -0.3 is 14.8 Å². The third kappa shape index (κ3) is 4.26. The molecule has 12 heteroatoms. The number of benzene rings is 1. The van der Waals surface area contributed by atoms with Gasteiger partial charge in [-0.2, -0.15) is 19.0 Å². The lowest BCUT2D eigenvalue weighted by Gasteiger charge is -2.11. The number of nitrogens with zero attached hydrogens (tertiary/aromatic N) is 5. The van der Waals surface area contributed by atoms with Crippen LogP contribution in [0.15, 0.2) is 47.2 Å². The second-order valence-electron chi connectivity index (χ2n) is 6.51. The maximum atomic E-state index is 12.8. The normalized spacial score (nSPS) is 11.2. The van der Waals surface area contributed by atoms with Gasteiger partial charge in [0.25, 0.3) is 5.91 Å². The fourth-order valence-corrected chi connectivity index (χ4v) is 3.57. The second-order valence-corrected chi connectivity index (χ2v) is 7.36. The molecule has 0 saturated heterocycles. The molecule has 4 aromatic rings. The van der Waals surface area contributed by atoms with E-state index in [1.165, 1.54) is 35.9 Å². The average molecular weight is 507 g/mol. The monoisotopic (exact) mass is 506 g/mol. The molecule has 1 N–H and O–H groups in total. The minimum Gasteiger partial charge on any atom is -0.493 e. The zero-order chi connectivity index (χ0) is 22.8. The summed E-state index contributed by atoms with van der Waals surface area (Å²) < 4.78 is 38.5. The molecule has 1 amide bonds. The number of carbonyl (C=O) groups is 1. The van der Waals surface area contributed by atoms with E-state index in [4.69, 9.17) is 4.74 Å². The van der Waals surface area contributed by atoms with Crippen LogP contribution in [0.4, 0.5) is 14.5 Å². The number of amides is 1. The van der Waals surface area contributed by atoms with Crippen LogP contribution in [-0.4, -0.2) is 44.0 Å². The van der Waals surface area contributed by atoms with Crippen LogP contribution in [0, 0.1) is 0 Å². The van der Waals surface area contributed by atoms with Crippen molar-refractivity contribution in [3.63, 3.8) is 0 Å². The lowest BCUT2D eigenvalue weighted by Crippen LogP contribution is -2.13. The Kier molecular flexibility index (Phi) is 6.04. The molecule has 3 heterocycles. The number of ether oxygens (including phenoxy) is 2. The molecule has 4 rings (SSSR count). The number of methoxy groups -OCH3 is 1. The number of fused-ring (bicyclic) bond motifs is 1. The molecule has 0 atom stereocenters. The van der Waals surface area contributed by atoms with E-state index in [0.29, 0.717) is 29.3 Å². The van der Waals surface area contributed by atoms with Gasteiger partial charge in [0.05, 0.1) is 17.3 Å². The van der Waals surface area contributed by atoms with Crippen molar-refractivity contribution in [2.24, 2.45) is 0 Å². The van der Waals surface area contributed by atoms with Crippen LogP contribution in [0.1, 0.15) is 17.4 Å². The molecule has 32 heavy (non-hydrogen) atoms. The quantitative estimate of drug-likeness (QED) is 0.402. The van der Waals surface area contributed by atoms with Crippen molar-refractivity contribution in [3.05, 3.63) is 52.9 Å². The first-order chi connectivity index (χ1) is 15.4. The maximum absolute atomic E-state index is 12.8. The molecule has 0 aliphatic carbocycles. The number of aryl methyl sites for hydroxylation is 1. The minimum atomic E-state index is -2.99. The lowest BCUT2D eigenvalue weighted by atomic mass is 10.2. The Bertz CT molecular complexity index is 1290. The average Bonchev–Trinajstić information content (AvgIpc) is 3.37. The summed E-state index contributed by atoms with van der Waals surface area (Å²) in [5.74, 6) is -0.596. The summed E-state index contributed by atoms with van der Waals surface area (Å²) in [6, 6.07) is 7.37. The van der Waals surface area contributed by atoms with Crippen molar-refractivity contribution in [3.8, 4) is 22.9 Å². The fraction of sp³-hybridized carbons (Fsp3) is 0.200. The van der Waals surface area contributed by atoms with Gasteiger partial charge in [-0.3, -0.25) is 9.48 Å². The summed E-state index contributed by atoms with van der Waals surface area (Å²) in [6.07, 6.45) is 3.46. The second kappa shape index (κ2) is 8.91. The Morgan fingerprint density at radius 1 is 1.22 bits per heavy atom.